The molecule has 0 radical (unpaired) electrons. The van der Waals surface area contributed by atoms with Gasteiger partial charge in [-0.05, 0) is 50.7 Å². The molecule has 108 valence electrons. The van der Waals surface area contributed by atoms with Gasteiger partial charge in [-0.15, -0.1) is 0 Å². The van der Waals surface area contributed by atoms with Crippen LogP contribution in [-0.4, -0.2) is 15.4 Å². The number of hydrogen-bond donors (Lipinski definition) is 1. The fourth-order valence-corrected chi connectivity index (χ4v) is 3.41. The van der Waals surface area contributed by atoms with E-state index in [1.54, 1.807) is 11.4 Å². The van der Waals surface area contributed by atoms with Gasteiger partial charge in [-0.2, -0.15) is 10.4 Å². The van der Waals surface area contributed by atoms with Gasteiger partial charge in [-0.1, -0.05) is 6.42 Å². The lowest BCUT2D eigenvalue weighted by Gasteiger charge is -2.14. The van der Waals surface area contributed by atoms with Gasteiger partial charge in [0, 0.05) is 0 Å². The summed E-state index contributed by atoms with van der Waals surface area (Å²) in [6, 6.07) is 2.23. The number of hydrogen-bond acceptors (Lipinski definition) is 4. The maximum atomic E-state index is 12.0. The zero-order valence-corrected chi connectivity index (χ0v) is 12.4. The standard InChI is InChI=1S/C16H18N4O/c1-9-14(10(2)21)15-12-7-5-3-4-6-11(12)13(8-17)16(18)20(15)19-9/h3-7,18H2,1-2H3. The van der Waals surface area contributed by atoms with Gasteiger partial charge in [0.2, 0.25) is 0 Å². The first-order valence-electron chi connectivity index (χ1n) is 7.29. The molecule has 0 aliphatic heterocycles. The smallest absolute Gasteiger partial charge is 0.163 e. The summed E-state index contributed by atoms with van der Waals surface area (Å²) in [7, 11) is 0. The highest BCUT2D eigenvalue weighted by Crippen LogP contribution is 2.33. The molecule has 1 aliphatic rings. The maximum absolute atomic E-state index is 12.0. The van der Waals surface area contributed by atoms with Crippen molar-refractivity contribution in [2.75, 3.05) is 5.73 Å². The molecule has 0 amide bonds. The summed E-state index contributed by atoms with van der Waals surface area (Å²) in [4.78, 5) is 12.0. The van der Waals surface area contributed by atoms with Crippen molar-refractivity contribution in [1.29, 1.82) is 5.26 Å². The van der Waals surface area contributed by atoms with Crippen molar-refractivity contribution < 1.29 is 4.79 Å². The Morgan fingerprint density at radius 1 is 1.29 bits per heavy atom. The van der Waals surface area contributed by atoms with Gasteiger partial charge >= 0.3 is 0 Å². The van der Waals surface area contributed by atoms with E-state index in [9.17, 15) is 10.1 Å². The summed E-state index contributed by atoms with van der Waals surface area (Å²) >= 11 is 0. The Balaban J connectivity index is 2.51. The molecule has 5 nitrogen and oxygen atoms in total. The molecule has 5 heteroatoms. The number of anilines is 1. The molecule has 3 rings (SSSR count). The minimum absolute atomic E-state index is 0.00180. The normalized spacial score (nSPS) is 14.5. The van der Waals surface area contributed by atoms with Crippen molar-refractivity contribution in [3.63, 3.8) is 0 Å². The second-order valence-electron chi connectivity index (χ2n) is 5.67. The number of aromatic nitrogens is 2. The first kappa shape index (κ1) is 13.6. The van der Waals surface area contributed by atoms with E-state index in [0.29, 0.717) is 22.6 Å². The molecule has 0 aromatic carbocycles. The number of nitrogen functional groups attached to an aromatic ring is 1. The van der Waals surface area contributed by atoms with Gasteiger partial charge in [0.05, 0.1) is 22.3 Å². The van der Waals surface area contributed by atoms with Crippen LogP contribution in [0.1, 0.15) is 58.9 Å². The number of rotatable bonds is 1. The molecule has 2 N–H and O–H groups in total. The molecule has 0 unspecified atom stereocenters. The van der Waals surface area contributed by atoms with Crippen LogP contribution in [0.2, 0.25) is 0 Å². The van der Waals surface area contributed by atoms with E-state index in [-0.39, 0.29) is 5.78 Å². The first-order valence-corrected chi connectivity index (χ1v) is 7.29. The third-order valence-electron chi connectivity index (χ3n) is 4.31. The molecule has 0 fully saturated rings. The predicted molar refractivity (Wildman–Crippen MR) is 80.3 cm³/mol. The summed E-state index contributed by atoms with van der Waals surface area (Å²) in [5.74, 6) is 0.349. The monoisotopic (exact) mass is 282 g/mol. The van der Waals surface area contributed by atoms with Crippen molar-refractivity contribution in [3.8, 4) is 6.07 Å². The Kier molecular flexibility index (Phi) is 3.17. The molecule has 0 atom stereocenters. The Morgan fingerprint density at radius 2 is 1.95 bits per heavy atom. The summed E-state index contributed by atoms with van der Waals surface area (Å²) in [6.07, 6.45) is 4.98. The SMILES string of the molecule is CC(=O)c1c(C)nn2c(N)c(C#N)c3c(c12)CCCCC3. The Labute approximate surface area is 123 Å². The highest BCUT2D eigenvalue weighted by Gasteiger charge is 2.25. The first-order chi connectivity index (χ1) is 10.1. The molecule has 21 heavy (non-hydrogen) atoms. The van der Waals surface area contributed by atoms with Gasteiger partial charge in [0.15, 0.2) is 5.78 Å². The summed E-state index contributed by atoms with van der Waals surface area (Å²) in [5, 5.41) is 13.9. The van der Waals surface area contributed by atoms with E-state index in [4.69, 9.17) is 5.73 Å². The minimum atomic E-state index is -0.00180. The van der Waals surface area contributed by atoms with Crippen LogP contribution in [-0.2, 0) is 12.8 Å². The van der Waals surface area contributed by atoms with Crippen molar-refractivity contribution >= 4 is 17.1 Å². The van der Waals surface area contributed by atoms with Crippen LogP contribution in [0.25, 0.3) is 5.52 Å². The predicted octanol–water partition coefficient (Wildman–Crippen LogP) is 2.57. The number of nitrogens with zero attached hydrogens (tertiary/aromatic N) is 3. The number of Topliss-reactive ketones (excluding diaryl/α,β-unsaturated/α-hetero) is 1. The molecule has 2 aromatic rings. The summed E-state index contributed by atoms with van der Waals surface area (Å²) in [6.45, 7) is 3.37. The van der Waals surface area contributed by atoms with E-state index in [2.05, 4.69) is 11.2 Å². The van der Waals surface area contributed by atoms with Crippen molar-refractivity contribution in [1.82, 2.24) is 9.61 Å². The number of nitrogens with two attached hydrogens (primary N) is 1. The van der Waals surface area contributed by atoms with Gasteiger partial charge in [0.1, 0.15) is 11.9 Å². The third-order valence-corrected chi connectivity index (χ3v) is 4.31. The van der Waals surface area contributed by atoms with E-state index < -0.39 is 0 Å². The van der Waals surface area contributed by atoms with E-state index in [1.807, 2.05) is 6.92 Å². The highest BCUT2D eigenvalue weighted by atomic mass is 16.1. The molecular weight excluding hydrogens is 264 g/mol. The molecule has 2 heterocycles. The number of fused-ring (bicyclic) bond motifs is 3. The molecule has 2 aromatic heterocycles. The largest absolute Gasteiger partial charge is 0.383 e. The van der Waals surface area contributed by atoms with Crippen LogP contribution in [0.3, 0.4) is 0 Å². The van der Waals surface area contributed by atoms with Crippen LogP contribution in [0.15, 0.2) is 0 Å². The van der Waals surface area contributed by atoms with Crippen LogP contribution in [0.4, 0.5) is 5.82 Å². The Bertz CT molecular complexity index is 795. The Morgan fingerprint density at radius 3 is 2.57 bits per heavy atom. The van der Waals surface area contributed by atoms with Crippen LogP contribution in [0.5, 0.6) is 0 Å². The van der Waals surface area contributed by atoms with Crippen molar-refractivity contribution in [3.05, 3.63) is 27.9 Å². The lowest BCUT2D eigenvalue weighted by atomic mass is 9.95. The number of aryl methyl sites for hydroxylation is 2. The lowest BCUT2D eigenvalue weighted by Crippen LogP contribution is -2.10. The number of nitriles is 1. The average molecular weight is 282 g/mol. The fraction of sp³-hybridized carbons (Fsp3) is 0.438. The molecule has 0 bridgehead atoms. The van der Waals surface area contributed by atoms with E-state index in [1.165, 1.54) is 0 Å². The zero-order chi connectivity index (χ0) is 15.1. The highest BCUT2D eigenvalue weighted by molar-refractivity contribution is 6.03. The number of carbonyl (C=O) groups excluding carboxylic acids is 1. The number of carbonyl (C=O) groups is 1. The molecule has 0 saturated heterocycles. The van der Waals surface area contributed by atoms with Crippen molar-refractivity contribution in [2.45, 2.75) is 46.0 Å². The average Bonchev–Trinajstić information content (AvgIpc) is 2.63. The second-order valence-corrected chi connectivity index (χ2v) is 5.67. The summed E-state index contributed by atoms with van der Waals surface area (Å²) < 4.78 is 1.59. The van der Waals surface area contributed by atoms with Gasteiger partial charge < -0.3 is 5.73 Å². The molecule has 0 saturated carbocycles. The number of ketones is 1. The summed E-state index contributed by atoms with van der Waals surface area (Å²) in [5.41, 5.74) is 10.9. The van der Waals surface area contributed by atoms with Crippen LogP contribution in [0, 0.1) is 18.3 Å². The van der Waals surface area contributed by atoms with Crippen molar-refractivity contribution in [2.24, 2.45) is 0 Å². The van der Waals surface area contributed by atoms with Crippen LogP contribution < -0.4 is 5.73 Å². The fourth-order valence-electron chi connectivity index (χ4n) is 3.41. The topological polar surface area (TPSA) is 84.2 Å². The maximum Gasteiger partial charge on any atom is 0.163 e. The molecule has 1 aliphatic carbocycles. The van der Waals surface area contributed by atoms with Gasteiger partial charge in [-0.3, -0.25) is 4.79 Å². The van der Waals surface area contributed by atoms with Gasteiger partial charge in [0.25, 0.3) is 0 Å². The Hall–Kier alpha value is -2.35. The number of pyridine rings is 1. The van der Waals surface area contributed by atoms with E-state index >= 15 is 0 Å². The molecule has 0 spiro atoms. The lowest BCUT2D eigenvalue weighted by molar-refractivity contribution is 0.101. The van der Waals surface area contributed by atoms with E-state index in [0.717, 1.165) is 48.7 Å². The van der Waals surface area contributed by atoms with Crippen LogP contribution >= 0.6 is 0 Å². The zero-order valence-electron chi connectivity index (χ0n) is 12.4. The third kappa shape index (κ3) is 1.90. The quantitative estimate of drug-likeness (QED) is 0.643. The minimum Gasteiger partial charge on any atom is -0.383 e. The molecular formula is C16H18N4O. The van der Waals surface area contributed by atoms with Gasteiger partial charge in [-0.25, -0.2) is 4.52 Å². The second kappa shape index (κ2) is 4.88.